The molecule has 0 saturated carbocycles. The first-order chi connectivity index (χ1) is 18.5. The number of unbranched alkanes of at least 4 members (excludes halogenated alkanes) is 1. The van der Waals surface area contributed by atoms with Crippen LogP contribution in [0.15, 0.2) is 89.4 Å². The largest absolute Gasteiger partial charge is 0.481 e. The second-order valence-corrected chi connectivity index (χ2v) is 8.96. The van der Waals surface area contributed by atoms with Gasteiger partial charge < -0.3 is 9.94 Å². The third-order valence-corrected chi connectivity index (χ3v) is 6.28. The van der Waals surface area contributed by atoms with Gasteiger partial charge in [-0.1, -0.05) is 59.8 Å². The van der Waals surface area contributed by atoms with Crippen LogP contribution >= 0.6 is 0 Å². The number of oxime groups is 1. The lowest BCUT2D eigenvalue weighted by atomic mass is 9.99. The minimum Gasteiger partial charge on any atom is -0.481 e. The first-order valence-electron chi connectivity index (χ1n) is 12.6. The summed E-state index contributed by atoms with van der Waals surface area (Å²) in [5.41, 5.74) is 3.36. The van der Waals surface area contributed by atoms with Gasteiger partial charge in [-0.3, -0.25) is 14.2 Å². The summed E-state index contributed by atoms with van der Waals surface area (Å²) in [6.07, 6.45) is 8.68. The quantitative estimate of drug-likeness (QED) is 0.181. The van der Waals surface area contributed by atoms with Gasteiger partial charge >= 0.3 is 5.97 Å². The van der Waals surface area contributed by atoms with E-state index in [2.05, 4.69) is 11.7 Å². The Labute approximate surface area is 220 Å². The number of carboxylic acids is 1. The fourth-order valence-corrected chi connectivity index (χ4v) is 4.40. The van der Waals surface area contributed by atoms with E-state index in [1.165, 1.54) is 10.6 Å². The first-order valence-corrected chi connectivity index (χ1v) is 12.6. The van der Waals surface area contributed by atoms with E-state index in [0.717, 1.165) is 16.8 Å². The number of nitrogens with zero attached hydrogens (tertiary/aromatic N) is 3. The van der Waals surface area contributed by atoms with Crippen molar-refractivity contribution in [2.45, 2.75) is 44.6 Å². The standard InChI is InChI=1S/C30H30FN3O4/c1-2-3-12-23(13-9-18-31)34-28(14-7-8-15-29(35)36)32-26-19-22(16-17-24(26)30(34)37)25-20-27(38-33-25)21-10-5-4-6-11-21/h2,4-6,9-13,16-17,19,27H,1,3,7-8,14-15,18,20H2,(H,35,36)/b13-9-,23-12+. The lowest BCUT2D eigenvalue weighted by Gasteiger charge is -2.15. The maximum atomic E-state index is 13.7. The lowest BCUT2D eigenvalue weighted by molar-refractivity contribution is -0.137. The van der Waals surface area contributed by atoms with Gasteiger partial charge in [-0.25, -0.2) is 9.37 Å². The summed E-state index contributed by atoms with van der Waals surface area (Å²) in [7, 11) is 0. The molecule has 1 unspecified atom stereocenters. The van der Waals surface area contributed by atoms with Crippen molar-refractivity contribution < 1.29 is 19.1 Å². The Morgan fingerprint density at radius 3 is 2.76 bits per heavy atom. The molecule has 3 aromatic rings. The highest BCUT2D eigenvalue weighted by atomic mass is 19.1. The number of aryl methyl sites for hydroxylation is 1. The van der Waals surface area contributed by atoms with Gasteiger partial charge in [-0.2, -0.15) is 0 Å². The molecule has 1 aliphatic heterocycles. The molecule has 8 heteroatoms. The van der Waals surface area contributed by atoms with Gasteiger partial charge in [0.25, 0.3) is 5.56 Å². The molecular weight excluding hydrogens is 485 g/mol. The summed E-state index contributed by atoms with van der Waals surface area (Å²) in [4.78, 5) is 35.2. The molecule has 1 atom stereocenters. The van der Waals surface area contributed by atoms with Crippen molar-refractivity contribution in [3.8, 4) is 0 Å². The number of alkyl halides is 1. The summed E-state index contributed by atoms with van der Waals surface area (Å²) in [6.45, 7) is 3.05. The van der Waals surface area contributed by atoms with Crippen molar-refractivity contribution in [1.82, 2.24) is 9.55 Å². The Balaban J connectivity index is 1.72. The van der Waals surface area contributed by atoms with Crippen LogP contribution in [0.25, 0.3) is 16.6 Å². The average Bonchev–Trinajstić information content (AvgIpc) is 3.42. The molecule has 0 saturated heterocycles. The maximum absolute atomic E-state index is 13.7. The molecule has 196 valence electrons. The fraction of sp³-hybridized carbons (Fsp3) is 0.267. The van der Waals surface area contributed by atoms with Crippen molar-refractivity contribution in [2.24, 2.45) is 5.16 Å². The number of rotatable bonds is 12. The van der Waals surface area contributed by atoms with E-state index < -0.39 is 12.6 Å². The number of allylic oxidation sites excluding steroid dienone is 5. The topological polar surface area (TPSA) is 93.8 Å². The van der Waals surface area contributed by atoms with Crippen LogP contribution in [0.1, 0.15) is 55.2 Å². The minimum absolute atomic E-state index is 0.0330. The van der Waals surface area contributed by atoms with Gasteiger partial charge in [-0.05, 0) is 43.0 Å². The van der Waals surface area contributed by atoms with E-state index in [1.54, 1.807) is 24.3 Å². The molecule has 7 nitrogen and oxygen atoms in total. The molecular formula is C30H30FN3O4. The Hall–Kier alpha value is -4.33. The summed E-state index contributed by atoms with van der Waals surface area (Å²) >= 11 is 0. The Morgan fingerprint density at radius 2 is 2.03 bits per heavy atom. The van der Waals surface area contributed by atoms with E-state index in [-0.39, 0.29) is 18.1 Å². The zero-order valence-electron chi connectivity index (χ0n) is 21.1. The van der Waals surface area contributed by atoms with Crippen LogP contribution in [0.2, 0.25) is 0 Å². The normalized spacial score (nSPS) is 15.6. The minimum atomic E-state index is -0.871. The Morgan fingerprint density at radius 1 is 1.21 bits per heavy atom. The molecule has 2 aromatic carbocycles. The number of aliphatic carboxylic acids is 1. The molecule has 0 spiro atoms. The van der Waals surface area contributed by atoms with Crippen LogP contribution in [0.5, 0.6) is 0 Å². The van der Waals surface area contributed by atoms with Gasteiger partial charge in [0.1, 0.15) is 12.5 Å². The molecule has 0 radical (unpaired) electrons. The van der Waals surface area contributed by atoms with Crippen LogP contribution in [-0.2, 0) is 16.1 Å². The molecule has 0 bridgehead atoms. The number of hydrogen-bond acceptors (Lipinski definition) is 5. The van der Waals surface area contributed by atoms with Gasteiger partial charge in [-0.15, -0.1) is 6.58 Å². The fourth-order valence-electron chi connectivity index (χ4n) is 4.40. The van der Waals surface area contributed by atoms with Crippen molar-refractivity contribution in [2.75, 3.05) is 6.67 Å². The Kier molecular flexibility index (Phi) is 8.98. The molecule has 1 aliphatic rings. The monoisotopic (exact) mass is 515 g/mol. The molecule has 1 N–H and O–H groups in total. The van der Waals surface area contributed by atoms with Crippen LogP contribution in [0, 0.1) is 0 Å². The maximum Gasteiger partial charge on any atom is 0.303 e. The second-order valence-electron chi connectivity index (χ2n) is 8.96. The summed E-state index contributed by atoms with van der Waals surface area (Å²) in [5, 5.41) is 13.7. The molecule has 0 aliphatic carbocycles. The molecule has 0 amide bonds. The predicted molar refractivity (Wildman–Crippen MR) is 147 cm³/mol. The van der Waals surface area contributed by atoms with Crippen molar-refractivity contribution >= 4 is 28.3 Å². The average molecular weight is 516 g/mol. The lowest BCUT2D eigenvalue weighted by Crippen LogP contribution is -2.25. The zero-order chi connectivity index (χ0) is 26.9. The number of fused-ring (bicyclic) bond motifs is 1. The van der Waals surface area contributed by atoms with Crippen molar-refractivity contribution in [3.63, 3.8) is 0 Å². The van der Waals surface area contributed by atoms with Crippen LogP contribution in [0.4, 0.5) is 4.39 Å². The number of benzene rings is 2. The molecule has 2 heterocycles. The number of halogens is 1. The van der Waals surface area contributed by atoms with Crippen LogP contribution in [0.3, 0.4) is 0 Å². The van der Waals surface area contributed by atoms with E-state index in [1.807, 2.05) is 42.5 Å². The van der Waals surface area contributed by atoms with E-state index in [9.17, 15) is 14.0 Å². The van der Waals surface area contributed by atoms with E-state index >= 15 is 0 Å². The summed E-state index contributed by atoms with van der Waals surface area (Å²) < 4.78 is 14.5. The first kappa shape index (κ1) is 26.7. The number of carboxylic acid groups (broad SMARTS) is 1. The number of aromatic nitrogens is 2. The highest BCUT2D eigenvalue weighted by molar-refractivity contribution is 6.03. The summed E-state index contributed by atoms with van der Waals surface area (Å²) in [6, 6.07) is 15.3. The highest BCUT2D eigenvalue weighted by Crippen LogP contribution is 2.30. The van der Waals surface area contributed by atoms with Gasteiger partial charge in [0.2, 0.25) is 0 Å². The van der Waals surface area contributed by atoms with Crippen molar-refractivity contribution in [3.05, 3.63) is 107 Å². The number of carbonyl (C=O) groups is 1. The molecule has 0 fully saturated rings. The summed E-state index contributed by atoms with van der Waals surface area (Å²) in [5.74, 6) is -0.389. The highest BCUT2D eigenvalue weighted by Gasteiger charge is 2.24. The zero-order valence-corrected chi connectivity index (χ0v) is 21.1. The number of hydrogen-bond donors (Lipinski definition) is 1. The smallest absolute Gasteiger partial charge is 0.303 e. The van der Waals surface area contributed by atoms with Gasteiger partial charge in [0.05, 0.1) is 16.6 Å². The van der Waals surface area contributed by atoms with E-state index in [0.29, 0.717) is 54.5 Å². The van der Waals surface area contributed by atoms with Gasteiger partial charge in [0, 0.05) is 30.5 Å². The van der Waals surface area contributed by atoms with Crippen LogP contribution in [-0.4, -0.2) is 33.0 Å². The third kappa shape index (κ3) is 6.32. The van der Waals surface area contributed by atoms with Gasteiger partial charge in [0.15, 0.2) is 6.10 Å². The molecule has 1 aromatic heterocycles. The van der Waals surface area contributed by atoms with Crippen LogP contribution < -0.4 is 5.56 Å². The molecule has 38 heavy (non-hydrogen) atoms. The predicted octanol–water partition coefficient (Wildman–Crippen LogP) is 6.00. The third-order valence-electron chi connectivity index (χ3n) is 6.28. The SMILES string of the molecule is C=CC/C=C(\C=C/CF)n1c(CCCCC(=O)O)nc2cc(C3=NOC(c4ccccc4)C3)ccc2c1=O. The molecule has 4 rings (SSSR count). The second kappa shape index (κ2) is 12.8. The van der Waals surface area contributed by atoms with E-state index in [4.69, 9.17) is 14.9 Å². The van der Waals surface area contributed by atoms with Crippen molar-refractivity contribution in [1.29, 1.82) is 0 Å². The Bertz CT molecular complexity index is 1460.